The molecular weight excluding hydrogens is 362 g/mol. The third-order valence-corrected chi connectivity index (χ3v) is 6.69. The molecule has 0 unspecified atom stereocenters. The number of sulfonamides is 1. The molecule has 3 rings (SSSR count). The van der Waals surface area contributed by atoms with Crippen LogP contribution in [0, 0.1) is 11.6 Å². The van der Waals surface area contributed by atoms with E-state index in [0.717, 1.165) is 17.7 Å². The molecule has 0 aromatic heterocycles. The van der Waals surface area contributed by atoms with Crippen molar-refractivity contribution in [2.24, 2.45) is 0 Å². The van der Waals surface area contributed by atoms with Crippen molar-refractivity contribution in [2.45, 2.75) is 17.8 Å². The molecule has 1 saturated heterocycles. The van der Waals surface area contributed by atoms with E-state index >= 15 is 0 Å². The zero-order chi connectivity index (χ0) is 18.9. The largest absolute Gasteiger partial charge is 0.297 e. The van der Waals surface area contributed by atoms with Crippen LogP contribution < -0.4 is 0 Å². The van der Waals surface area contributed by atoms with E-state index in [4.69, 9.17) is 4.84 Å². The lowest BCUT2D eigenvalue weighted by atomic mass is 10.0. The molecular formula is C18H20F2N2O3S. The molecule has 1 fully saturated rings. The molecule has 5 nitrogen and oxygen atoms in total. The van der Waals surface area contributed by atoms with Gasteiger partial charge in [-0.05, 0) is 11.6 Å². The summed E-state index contributed by atoms with van der Waals surface area (Å²) in [6.07, 6.45) is 0. The summed E-state index contributed by atoms with van der Waals surface area (Å²) in [7, 11) is -0.761. The SMILES string of the molecule is CN1OC[C@@H](S(=O)(=O)N(C)Cc2ccccc2)[C@H]1c1ccc(F)cc1F. The van der Waals surface area contributed by atoms with Gasteiger partial charge >= 0.3 is 0 Å². The van der Waals surface area contributed by atoms with Gasteiger partial charge in [-0.2, -0.15) is 5.06 Å². The van der Waals surface area contributed by atoms with Gasteiger partial charge in [-0.25, -0.2) is 21.5 Å². The topological polar surface area (TPSA) is 49.9 Å². The molecule has 0 aliphatic carbocycles. The molecule has 1 aliphatic rings. The molecule has 2 atom stereocenters. The van der Waals surface area contributed by atoms with Crippen molar-refractivity contribution < 1.29 is 22.0 Å². The number of halogens is 2. The van der Waals surface area contributed by atoms with E-state index in [0.29, 0.717) is 0 Å². The molecule has 0 spiro atoms. The van der Waals surface area contributed by atoms with E-state index in [1.807, 2.05) is 30.3 Å². The van der Waals surface area contributed by atoms with Crippen molar-refractivity contribution in [1.29, 1.82) is 0 Å². The van der Waals surface area contributed by atoms with Crippen molar-refractivity contribution in [2.75, 3.05) is 20.7 Å². The predicted octanol–water partition coefficient (Wildman–Crippen LogP) is 2.71. The van der Waals surface area contributed by atoms with Crippen molar-refractivity contribution in [3.8, 4) is 0 Å². The highest BCUT2D eigenvalue weighted by Gasteiger charge is 2.45. The van der Waals surface area contributed by atoms with Crippen LogP contribution in [0.3, 0.4) is 0 Å². The molecule has 26 heavy (non-hydrogen) atoms. The van der Waals surface area contributed by atoms with Gasteiger partial charge in [0.2, 0.25) is 10.0 Å². The fourth-order valence-corrected chi connectivity index (χ4v) is 4.81. The standard InChI is InChI=1S/C18H20F2N2O3S/c1-21(11-13-6-4-3-5-7-13)26(23,24)17-12-25-22(2)18(17)15-9-8-14(19)10-16(15)20/h3-10,17-18H,11-12H2,1-2H3/t17-,18-/m1/s1. The molecule has 2 aromatic rings. The second-order valence-electron chi connectivity index (χ2n) is 6.28. The zero-order valence-corrected chi connectivity index (χ0v) is 15.3. The summed E-state index contributed by atoms with van der Waals surface area (Å²) in [4.78, 5) is 5.37. The summed E-state index contributed by atoms with van der Waals surface area (Å²) in [6, 6.07) is 11.4. The average Bonchev–Trinajstić information content (AvgIpc) is 2.98. The molecule has 0 saturated carbocycles. The molecule has 1 heterocycles. The first-order valence-corrected chi connectivity index (χ1v) is 9.61. The highest BCUT2D eigenvalue weighted by molar-refractivity contribution is 7.89. The maximum absolute atomic E-state index is 14.3. The molecule has 8 heteroatoms. The smallest absolute Gasteiger partial charge is 0.221 e. The number of rotatable bonds is 5. The Hall–Kier alpha value is -1.87. The Kier molecular flexibility index (Phi) is 5.38. The zero-order valence-electron chi connectivity index (χ0n) is 14.5. The van der Waals surface area contributed by atoms with Crippen LogP contribution in [-0.2, 0) is 21.4 Å². The van der Waals surface area contributed by atoms with Crippen molar-refractivity contribution in [3.63, 3.8) is 0 Å². The molecule has 0 amide bonds. The minimum atomic E-state index is -3.79. The highest BCUT2D eigenvalue weighted by Crippen LogP contribution is 2.36. The summed E-state index contributed by atoms with van der Waals surface area (Å²) in [6.45, 7) is 0.0987. The van der Waals surface area contributed by atoms with Crippen LogP contribution in [0.15, 0.2) is 48.5 Å². The van der Waals surface area contributed by atoms with Gasteiger partial charge in [0.05, 0.1) is 12.6 Å². The molecule has 0 radical (unpaired) electrons. The van der Waals surface area contributed by atoms with E-state index < -0.39 is 32.9 Å². The van der Waals surface area contributed by atoms with Gasteiger partial charge in [0, 0.05) is 32.3 Å². The van der Waals surface area contributed by atoms with Crippen LogP contribution in [-0.4, -0.2) is 43.7 Å². The fourth-order valence-electron chi connectivity index (χ4n) is 3.14. The molecule has 1 aliphatic heterocycles. The highest BCUT2D eigenvalue weighted by atomic mass is 32.2. The van der Waals surface area contributed by atoms with E-state index in [1.54, 1.807) is 7.05 Å². The Morgan fingerprint density at radius 1 is 1.19 bits per heavy atom. The minimum Gasteiger partial charge on any atom is -0.297 e. The number of hydroxylamine groups is 2. The van der Waals surface area contributed by atoms with Gasteiger partial charge in [0.25, 0.3) is 0 Å². The van der Waals surface area contributed by atoms with Gasteiger partial charge in [0.1, 0.15) is 16.9 Å². The first-order valence-electron chi connectivity index (χ1n) is 8.10. The number of hydrogen-bond acceptors (Lipinski definition) is 4. The molecule has 0 N–H and O–H groups in total. The van der Waals surface area contributed by atoms with Gasteiger partial charge in [-0.15, -0.1) is 0 Å². The van der Waals surface area contributed by atoms with Crippen molar-refractivity contribution in [1.82, 2.24) is 9.37 Å². The lowest BCUT2D eigenvalue weighted by Gasteiger charge is -2.27. The van der Waals surface area contributed by atoms with Crippen LogP contribution in [0.5, 0.6) is 0 Å². The summed E-state index contributed by atoms with van der Waals surface area (Å²) in [5.41, 5.74) is 0.934. The number of hydrogen-bond donors (Lipinski definition) is 0. The Morgan fingerprint density at radius 3 is 2.54 bits per heavy atom. The quantitative estimate of drug-likeness (QED) is 0.798. The van der Waals surface area contributed by atoms with Crippen molar-refractivity contribution in [3.05, 3.63) is 71.3 Å². The lowest BCUT2D eigenvalue weighted by molar-refractivity contribution is -0.111. The van der Waals surface area contributed by atoms with Crippen LogP contribution in [0.1, 0.15) is 17.2 Å². The van der Waals surface area contributed by atoms with Crippen LogP contribution >= 0.6 is 0 Å². The molecule has 2 aromatic carbocycles. The van der Waals surface area contributed by atoms with Crippen LogP contribution in [0.25, 0.3) is 0 Å². The number of benzene rings is 2. The minimum absolute atomic E-state index is 0.0908. The van der Waals surface area contributed by atoms with Gasteiger partial charge < -0.3 is 0 Å². The Labute approximate surface area is 151 Å². The van der Waals surface area contributed by atoms with Crippen molar-refractivity contribution >= 4 is 10.0 Å². The van der Waals surface area contributed by atoms with Gasteiger partial charge in [0.15, 0.2) is 0 Å². The maximum Gasteiger partial charge on any atom is 0.221 e. The van der Waals surface area contributed by atoms with Crippen LogP contribution in [0.2, 0.25) is 0 Å². The molecule has 140 valence electrons. The van der Waals surface area contributed by atoms with E-state index in [-0.39, 0.29) is 18.7 Å². The third kappa shape index (κ3) is 3.64. The van der Waals surface area contributed by atoms with E-state index in [1.165, 1.54) is 22.5 Å². The average molecular weight is 382 g/mol. The third-order valence-electron chi connectivity index (χ3n) is 4.53. The summed E-state index contributed by atoms with van der Waals surface area (Å²) >= 11 is 0. The Balaban J connectivity index is 1.90. The van der Waals surface area contributed by atoms with E-state index in [9.17, 15) is 17.2 Å². The number of nitrogens with zero attached hydrogens (tertiary/aromatic N) is 2. The second-order valence-corrected chi connectivity index (χ2v) is 8.54. The summed E-state index contributed by atoms with van der Waals surface area (Å²) in [5.74, 6) is -1.51. The monoisotopic (exact) mass is 382 g/mol. The van der Waals surface area contributed by atoms with Gasteiger partial charge in [-0.1, -0.05) is 36.4 Å². The second kappa shape index (κ2) is 7.40. The predicted molar refractivity (Wildman–Crippen MR) is 93.4 cm³/mol. The van der Waals surface area contributed by atoms with Crippen LogP contribution in [0.4, 0.5) is 8.78 Å². The lowest BCUT2D eigenvalue weighted by Crippen LogP contribution is -2.40. The Bertz CT molecular complexity index is 877. The normalized spacial score (nSPS) is 21.4. The summed E-state index contributed by atoms with van der Waals surface area (Å²) in [5, 5.41) is 0.315. The van der Waals surface area contributed by atoms with Gasteiger partial charge in [-0.3, -0.25) is 4.84 Å². The molecule has 0 bridgehead atoms. The summed E-state index contributed by atoms with van der Waals surface area (Å²) < 4.78 is 54.9. The fraction of sp³-hybridized carbons (Fsp3) is 0.333. The Morgan fingerprint density at radius 2 is 1.88 bits per heavy atom. The first-order chi connectivity index (χ1) is 12.3. The van der Waals surface area contributed by atoms with E-state index in [2.05, 4.69) is 0 Å². The maximum atomic E-state index is 14.3. The first kappa shape index (κ1) is 18.9.